The molecule has 1 aromatic rings. The minimum Gasteiger partial charge on any atom is -0.507 e. The Balaban J connectivity index is 1.54. The molecule has 1 aromatic carbocycles. The fourth-order valence-corrected chi connectivity index (χ4v) is 6.31. The molecule has 8 nitrogen and oxygen atoms in total. The second-order valence-corrected chi connectivity index (χ2v) is 14.9. The highest BCUT2D eigenvalue weighted by molar-refractivity contribution is 6.37. The molecule has 1 unspecified atom stereocenters. The second kappa shape index (κ2) is 18.0. The number of phenols is 1. The van der Waals surface area contributed by atoms with E-state index < -0.39 is 42.6 Å². The summed E-state index contributed by atoms with van der Waals surface area (Å²) >= 11 is 0. The van der Waals surface area contributed by atoms with Gasteiger partial charge in [-0.2, -0.15) is 0 Å². The van der Waals surface area contributed by atoms with E-state index in [2.05, 4.69) is 47.6 Å². The van der Waals surface area contributed by atoms with Gasteiger partial charge < -0.3 is 24.8 Å². The first-order valence-corrected chi connectivity index (χ1v) is 17.2. The Morgan fingerprint density at radius 3 is 1.80 bits per heavy atom. The van der Waals surface area contributed by atoms with E-state index in [-0.39, 0.29) is 17.3 Å². The number of aromatic hydroxyl groups is 1. The SMILES string of the molecule is Cc1cc(C(C)(C)C)c(CCCCCCCCCCCCCCCC(=O)OC2C(=O)C(=O)O[C@@H]2[C@@H](O)CO)c(C(C)(C)C)c1O. The van der Waals surface area contributed by atoms with E-state index in [9.17, 15) is 24.6 Å². The Labute approximate surface area is 271 Å². The number of ether oxygens (including phenoxy) is 2. The molecule has 3 atom stereocenters. The van der Waals surface area contributed by atoms with E-state index in [0.29, 0.717) is 12.2 Å². The Morgan fingerprint density at radius 2 is 1.33 bits per heavy atom. The van der Waals surface area contributed by atoms with Crippen LogP contribution in [-0.2, 0) is 41.1 Å². The van der Waals surface area contributed by atoms with Crippen LogP contribution >= 0.6 is 0 Å². The summed E-state index contributed by atoms with van der Waals surface area (Å²) in [6.45, 7) is 14.7. The Hall–Kier alpha value is -2.45. The molecule has 0 aromatic heterocycles. The first-order valence-electron chi connectivity index (χ1n) is 17.2. The van der Waals surface area contributed by atoms with Crippen LogP contribution in [0.5, 0.6) is 5.75 Å². The lowest BCUT2D eigenvalue weighted by Crippen LogP contribution is -2.41. The van der Waals surface area contributed by atoms with E-state index >= 15 is 0 Å². The molecule has 1 aliphatic rings. The molecule has 0 spiro atoms. The molecule has 0 saturated carbocycles. The third-order valence-electron chi connectivity index (χ3n) is 8.79. The fourth-order valence-electron chi connectivity index (χ4n) is 6.31. The molecular weight excluding hydrogens is 572 g/mol. The van der Waals surface area contributed by atoms with Crippen LogP contribution < -0.4 is 0 Å². The number of aryl methyl sites for hydroxylation is 1. The maximum Gasteiger partial charge on any atom is 0.379 e. The number of phenolic OH excluding ortho intramolecular Hbond substituents is 1. The summed E-state index contributed by atoms with van der Waals surface area (Å²) in [5.74, 6) is -2.31. The zero-order chi connectivity index (χ0) is 33.8. The minimum absolute atomic E-state index is 0.0384. The first kappa shape index (κ1) is 38.7. The zero-order valence-corrected chi connectivity index (χ0v) is 29.0. The van der Waals surface area contributed by atoms with Gasteiger partial charge in [0.15, 0.2) is 6.10 Å². The van der Waals surface area contributed by atoms with Crippen LogP contribution in [-0.4, -0.2) is 58.0 Å². The number of Topliss-reactive ketones (excluding diaryl/α,β-unsaturated/α-hetero) is 1. The molecule has 1 heterocycles. The van der Waals surface area contributed by atoms with E-state index in [1.54, 1.807) is 0 Å². The van der Waals surface area contributed by atoms with Crippen molar-refractivity contribution < 1.29 is 39.2 Å². The van der Waals surface area contributed by atoms with Crippen LogP contribution in [0.1, 0.15) is 154 Å². The number of aliphatic hydroxyl groups excluding tert-OH is 2. The molecule has 8 heteroatoms. The van der Waals surface area contributed by atoms with Crippen molar-refractivity contribution in [2.45, 2.75) is 174 Å². The predicted molar refractivity (Wildman–Crippen MR) is 176 cm³/mol. The number of hydrogen-bond donors (Lipinski definition) is 3. The summed E-state index contributed by atoms with van der Waals surface area (Å²) < 4.78 is 9.82. The van der Waals surface area contributed by atoms with Crippen LogP contribution in [0.3, 0.4) is 0 Å². The maximum atomic E-state index is 12.1. The molecule has 0 bridgehead atoms. The van der Waals surface area contributed by atoms with Crippen molar-refractivity contribution >= 4 is 17.7 Å². The summed E-state index contributed by atoms with van der Waals surface area (Å²) in [4.78, 5) is 35.4. The number of cyclic esters (lactones) is 1. The third kappa shape index (κ3) is 12.0. The van der Waals surface area contributed by atoms with Crippen LogP contribution in [0.2, 0.25) is 0 Å². The predicted octanol–water partition coefficient (Wildman–Crippen LogP) is 7.06. The van der Waals surface area contributed by atoms with Crippen LogP contribution in [0.25, 0.3) is 0 Å². The summed E-state index contributed by atoms with van der Waals surface area (Å²) in [7, 11) is 0. The number of hydrogen-bond acceptors (Lipinski definition) is 8. The maximum absolute atomic E-state index is 12.1. The summed E-state index contributed by atoms with van der Waals surface area (Å²) in [6.07, 6.45) is 11.5. The normalized spacial score (nSPS) is 17.9. The van der Waals surface area contributed by atoms with Gasteiger partial charge in [0.25, 0.3) is 5.78 Å². The molecule has 3 N–H and O–H groups in total. The number of benzene rings is 1. The lowest BCUT2D eigenvalue weighted by molar-refractivity contribution is -0.160. The van der Waals surface area contributed by atoms with E-state index in [1.165, 1.54) is 62.5 Å². The first-order chi connectivity index (χ1) is 21.1. The van der Waals surface area contributed by atoms with E-state index in [1.807, 2.05) is 6.92 Å². The summed E-state index contributed by atoms with van der Waals surface area (Å²) in [5.41, 5.74) is 4.74. The van der Waals surface area contributed by atoms with Crippen molar-refractivity contribution in [2.75, 3.05) is 6.61 Å². The van der Waals surface area contributed by atoms with Crippen molar-refractivity contribution in [1.29, 1.82) is 0 Å². The molecular formula is C37H60O8. The Morgan fingerprint density at radius 1 is 0.844 bits per heavy atom. The van der Waals surface area contributed by atoms with Gasteiger partial charge >= 0.3 is 11.9 Å². The smallest absolute Gasteiger partial charge is 0.379 e. The van der Waals surface area contributed by atoms with Gasteiger partial charge in [-0.15, -0.1) is 0 Å². The fraction of sp³-hybridized carbons (Fsp3) is 0.757. The highest BCUT2D eigenvalue weighted by atomic mass is 16.6. The van der Waals surface area contributed by atoms with Crippen molar-refractivity contribution in [1.82, 2.24) is 0 Å². The van der Waals surface area contributed by atoms with Gasteiger partial charge in [0.05, 0.1) is 6.61 Å². The number of carbonyl (C=O) groups excluding carboxylic acids is 3. The lowest BCUT2D eigenvalue weighted by Gasteiger charge is -2.32. The lowest BCUT2D eigenvalue weighted by atomic mass is 9.73. The van der Waals surface area contributed by atoms with Gasteiger partial charge in [-0.3, -0.25) is 9.59 Å². The molecule has 256 valence electrons. The molecule has 0 radical (unpaired) electrons. The minimum atomic E-state index is -1.50. The third-order valence-corrected chi connectivity index (χ3v) is 8.79. The van der Waals surface area contributed by atoms with Crippen molar-refractivity contribution in [3.05, 3.63) is 28.3 Å². The number of esters is 2. The van der Waals surface area contributed by atoms with Crippen molar-refractivity contribution in [2.24, 2.45) is 0 Å². The Kier molecular flexibility index (Phi) is 15.5. The standard InChI is InChI=1S/C37H60O8/c1-25-23-27(36(2,3)4)26(30(31(25)41)37(5,6)7)21-19-17-15-13-11-9-8-10-12-14-16-18-20-22-29(40)44-34-32(42)35(43)45-33(34)28(39)24-38/h23,28,33-34,38-39,41H,8-22,24H2,1-7H3/t28-,33+,34?/m0/s1. The van der Waals surface area contributed by atoms with Gasteiger partial charge in [-0.25, -0.2) is 4.79 Å². The topological polar surface area (TPSA) is 130 Å². The summed E-state index contributed by atoms with van der Waals surface area (Å²) in [6, 6.07) is 2.20. The average molecular weight is 633 g/mol. The van der Waals surface area contributed by atoms with Crippen molar-refractivity contribution in [3.63, 3.8) is 0 Å². The number of aliphatic hydroxyl groups is 2. The highest BCUT2D eigenvalue weighted by Crippen LogP contribution is 2.42. The van der Waals surface area contributed by atoms with Gasteiger partial charge in [0, 0.05) is 12.0 Å². The molecule has 1 aliphatic heterocycles. The largest absolute Gasteiger partial charge is 0.507 e. The van der Waals surface area contributed by atoms with Crippen molar-refractivity contribution in [3.8, 4) is 5.75 Å². The molecule has 45 heavy (non-hydrogen) atoms. The molecule has 0 aliphatic carbocycles. The number of rotatable bonds is 19. The zero-order valence-electron chi connectivity index (χ0n) is 29.0. The highest BCUT2D eigenvalue weighted by Gasteiger charge is 2.49. The number of carbonyl (C=O) groups is 3. The monoisotopic (exact) mass is 632 g/mol. The van der Waals surface area contributed by atoms with Crippen LogP contribution in [0.4, 0.5) is 0 Å². The van der Waals surface area contributed by atoms with Crippen LogP contribution in [0.15, 0.2) is 6.07 Å². The molecule has 1 fully saturated rings. The summed E-state index contributed by atoms with van der Waals surface area (Å²) in [5, 5.41) is 29.7. The van der Waals surface area contributed by atoms with Crippen LogP contribution in [0, 0.1) is 6.92 Å². The number of unbranched alkanes of at least 4 members (excludes halogenated alkanes) is 12. The van der Waals surface area contributed by atoms with Gasteiger partial charge in [0.1, 0.15) is 11.9 Å². The quantitative estimate of drug-likeness (QED) is 0.0840. The van der Waals surface area contributed by atoms with Gasteiger partial charge in [-0.05, 0) is 53.7 Å². The number of ketones is 1. The second-order valence-electron chi connectivity index (χ2n) is 14.9. The average Bonchev–Trinajstić information content (AvgIpc) is 3.23. The molecule has 1 saturated heterocycles. The molecule has 2 rings (SSSR count). The molecule has 0 amide bonds. The Bertz CT molecular complexity index is 1110. The van der Waals surface area contributed by atoms with Gasteiger partial charge in [-0.1, -0.05) is 118 Å². The van der Waals surface area contributed by atoms with E-state index in [4.69, 9.17) is 14.6 Å². The van der Waals surface area contributed by atoms with E-state index in [0.717, 1.165) is 43.2 Å². The van der Waals surface area contributed by atoms with Gasteiger partial charge in [0.2, 0.25) is 6.10 Å².